The fourth-order valence-electron chi connectivity index (χ4n) is 6.98. The lowest BCUT2D eigenvalue weighted by Crippen LogP contribution is -2.44. The molecule has 11 heteroatoms. The Kier molecular flexibility index (Phi) is 7.22. The SMILES string of the molecule is CCC(=O)[C@@H]1C[C@]23CNC(=O)[C@H](C)CCCCCc4cc(-c5nnc(C)o5)cc5c(C(C)=O)nn(c45)CC(=O)N1[C@@H]2C3. The summed E-state index contributed by atoms with van der Waals surface area (Å²) in [7, 11) is 0. The standard InChI is InChI=1S/C31H38N6O5/c1-5-24(39)23-13-31-14-25(31)37(23)26(40)15-36-28-20(10-8-6-7-9-17(2)29(41)32-16-31)11-21(30-34-33-19(4)42-30)12-22(28)27(35-36)18(3)38/h11-12,17,23,25H,5-10,13-16H2,1-4H3,(H,32,41)/t17-,23+,25-,31+/m1/s1. The van der Waals surface area contributed by atoms with Crippen molar-refractivity contribution in [3.8, 4) is 11.5 Å². The molecule has 222 valence electrons. The summed E-state index contributed by atoms with van der Waals surface area (Å²) in [4.78, 5) is 54.5. The Morgan fingerprint density at radius 2 is 1.95 bits per heavy atom. The average Bonchev–Trinajstić information content (AvgIpc) is 3.23. The summed E-state index contributed by atoms with van der Waals surface area (Å²) in [6.07, 6.45) is 5.81. The molecule has 1 saturated heterocycles. The van der Waals surface area contributed by atoms with Crippen molar-refractivity contribution in [1.82, 2.24) is 30.2 Å². The summed E-state index contributed by atoms with van der Waals surface area (Å²) in [6.45, 7) is 7.36. The van der Waals surface area contributed by atoms with Gasteiger partial charge in [0.25, 0.3) is 0 Å². The van der Waals surface area contributed by atoms with Crippen LogP contribution in [0, 0.1) is 18.3 Å². The molecule has 4 heterocycles. The van der Waals surface area contributed by atoms with E-state index < -0.39 is 6.04 Å². The van der Waals surface area contributed by atoms with Crippen LogP contribution in [0.2, 0.25) is 0 Å². The van der Waals surface area contributed by atoms with E-state index in [0.29, 0.717) is 48.5 Å². The first-order chi connectivity index (χ1) is 20.1. The van der Waals surface area contributed by atoms with Crippen LogP contribution in [-0.4, -0.2) is 66.9 Å². The fourth-order valence-corrected chi connectivity index (χ4v) is 6.98. The molecule has 1 saturated carbocycles. The molecule has 0 radical (unpaired) electrons. The molecule has 42 heavy (non-hydrogen) atoms. The van der Waals surface area contributed by atoms with Gasteiger partial charge in [0.15, 0.2) is 11.6 Å². The maximum Gasteiger partial charge on any atom is 0.247 e. The van der Waals surface area contributed by atoms with Gasteiger partial charge in [0.05, 0.1) is 11.6 Å². The number of amides is 2. The number of piperidine rings is 1. The van der Waals surface area contributed by atoms with Crippen LogP contribution in [0.4, 0.5) is 0 Å². The highest BCUT2D eigenvalue weighted by molar-refractivity contribution is 6.07. The van der Waals surface area contributed by atoms with Gasteiger partial charge in [-0.15, -0.1) is 10.2 Å². The summed E-state index contributed by atoms with van der Waals surface area (Å²) in [6, 6.07) is 3.20. The lowest BCUT2D eigenvalue weighted by molar-refractivity contribution is -0.139. The van der Waals surface area contributed by atoms with Gasteiger partial charge in [-0.05, 0) is 49.8 Å². The molecule has 1 aromatic carbocycles. The number of rotatable bonds is 4. The smallest absolute Gasteiger partial charge is 0.247 e. The van der Waals surface area contributed by atoms with E-state index in [4.69, 9.17) is 4.42 Å². The highest BCUT2D eigenvalue weighted by Gasteiger charge is 2.66. The Hall–Kier alpha value is -3.89. The Morgan fingerprint density at radius 1 is 1.14 bits per heavy atom. The number of hydrogen-bond acceptors (Lipinski definition) is 8. The summed E-state index contributed by atoms with van der Waals surface area (Å²) in [5.74, 6) is 0.337. The summed E-state index contributed by atoms with van der Waals surface area (Å²) in [5.41, 5.74) is 2.38. The highest BCUT2D eigenvalue weighted by Crippen LogP contribution is 2.59. The predicted octanol–water partition coefficient (Wildman–Crippen LogP) is 3.80. The molecule has 2 bridgehead atoms. The molecule has 11 nitrogen and oxygen atoms in total. The topological polar surface area (TPSA) is 140 Å². The van der Waals surface area contributed by atoms with Crippen molar-refractivity contribution in [2.24, 2.45) is 11.3 Å². The third-order valence-electron chi connectivity index (χ3n) is 9.39. The van der Waals surface area contributed by atoms with Gasteiger partial charge < -0.3 is 14.6 Å². The summed E-state index contributed by atoms with van der Waals surface area (Å²) >= 11 is 0. The first-order valence-electron chi connectivity index (χ1n) is 15.1. The third-order valence-corrected chi connectivity index (χ3v) is 9.39. The zero-order chi connectivity index (χ0) is 29.8. The summed E-state index contributed by atoms with van der Waals surface area (Å²) in [5, 5.41) is 16.6. The number of aryl methyl sites for hydroxylation is 2. The normalized spacial score (nSPS) is 26.6. The number of aromatic nitrogens is 4. The second-order valence-electron chi connectivity index (χ2n) is 12.4. The number of nitrogens with zero attached hydrogens (tertiary/aromatic N) is 5. The monoisotopic (exact) mass is 574 g/mol. The van der Waals surface area contributed by atoms with Crippen LogP contribution < -0.4 is 5.32 Å². The largest absolute Gasteiger partial charge is 0.421 e. The Bertz CT molecular complexity index is 1590. The molecule has 6 rings (SSSR count). The van der Waals surface area contributed by atoms with Crippen LogP contribution in [0.25, 0.3) is 22.4 Å². The number of carbonyl (C=O) groups excluding carboxylic acids is 4. The first kappa shape index (κ1) is 28.2. The second-order valence-corrected chi connectivity index (χ2v) is 12.4. The van der Waals surface area contributed by atoms with Gasteiger partial charge in [-0.3, -0.25) is 23.9 Å². The fraction of sp³-hybridized carbons (Fsp3) is 0.581. The minimum atomic E-state index is -0.518. The van der Waals surface area contributed by atoms with Gasteiger partial charge >= 0.3 is 0 Å². The van der Waals surface area contributed by atoms with Crippen LogP contribution in [0.5, 0.6) is 0 Å². The molecule has 2 aliphatic heterocycles. The van der Waals surface area contributed by atoms with Crippen molar-refractivity contribution in [2.45, 2.75) is 97.7 Å². The van der Waals surface area contributed by atoms with E-state index >= 15 is 0 Å². The van der Waals surface area contributed by atoms with Crippen molar-refractivity contribution in [3.05, 3.63) is 29.3 Å². The van der Waals surface area contributed by atoms with Crippen molar-refractivity contribution < 1.29 is 23.6 Å². The average molecular weight is 575 g/mol. The quantitative estimate of drug-likeness (QED) is 0.464. The molecule has 2 fully saturated rings. The zero-order valence-electron chi connectivity index (χ0n) is 24.7. The van der Waals surface area contributed by atoms with Crippen molar-refractivity contribution >= 4 is 34.3 Å². The van der Waals surface area contributed by atoms with Gasteiger partial charge in [0.2, 0.25) is 23.6 Å². The Labute approximate surface area is 244 Å². The first-order valence-corrected chi connectivity index (χ1v) is 15.1. The van der Waals surface area contributed by atoms with Crippen LogP contribution in [0.3, 0.4) is 0 Å². The van der Waals surface area contributed by atoms with Gasteiger partial charge in [0.1, 0.15) is 12.2 Å². The third kappa shape index (κ3) is 4.92. The van der Waals surface area contributed by atoms with E-state index in [9.17, 15) is 19.2 Å². The van der Waals surface area contributed by atoms with Crippen LogP contribution >= 0.6 is 0 Å². The van der Waals surface area contributed by atoms with E-state index in [-0.39, 0.29) is 53.0 Å². The minimum absolute atomic E-state index is 0.0268. The van der Waals surface area contributed by atoms with Crippen molar-refractivity contribution in [2.75, 3.05) is 6.54 Å². The molecule has 1 N–H and O–H groups in total. The maximum atomic E-state index is 14.0. The van der Waals surface area contributed by atoms with Crippen LogP contribution in [0.1, 0.15) is 87.7 Å². The van der Waals surface area contributed by atoms with Crippen LogP contribution in [0.15, 0.2) is 16.5 Å². The molecule has 4 atom stereocenters. The molecule has 2 amide bonds. The van der Waals surface area contributed by atoms with E-state index in [0.717, 1.165) is 43.2 Å². The second kappa shape index (κ2) is 10.7. The molecular weight excluding hydrogens is 536 g/mol. The minimum Gasteiger partial charge on any atom is -0.421 e. The van der Waals surface area contributed by atoms with Crippen molar-refractivity contribution in [3.63, 3.8) is 0 Å². The number of ketones is 2. The van der Waals surface area contributed by atoms with Gasteiger partial charge in [0, 0.05) is 55.1 Å². The Balaban J connectivity index is 1.45. The van der Waals surface area contributed by atoms with Crippen molar-refractivity contribution in [1.29, 1.82) is 0 Å². The zero-order valence-corrected chi connectivity index (χ0v) is 24.7. The molecule has 0 unspecified atom stereocenters. The number of nitrogens with one attached hydrogen (secondary N) is 1. The molecule has 2 aromatic heterocycles. The van der Waals surface area contributed by atoms with E-state index in [2.05, 4.69) is 20.6 Å². The molecular formula is C31H38N6O5. The number of carbonyl (C=O) groups is 4. The summed E-state index contributed by atoms with van der Waals surface area (Å²) < 4.78 is 7.36. The number of hydrogen-bond donors (Lipinski definition) is 1. The Morgan fingerprint density at radius 3 is 2.67 bits per heavy atom. The van der Waals surface area contributed by atoms with Gasteiger partial charge in [-0.2, -0.15) is 5.10 Å². The van der Waals surface area contributed by atoms with Crippen LogP contribution in [-0.2, 0) is 27.3 Å². The predicted molar refractivity (Wildman–Crippen MR) is 153 cm³/mol. The maximum absolute atomic E-state index is 14.0. The van der Waals surface area contributed by atoms with Gasteiger partial charge in [-0.25, -0.2) is 0 Å². The lowest BCUT2D eigenvalue weighted by atomic mass is 9.95. The molecule has 1 aliphatic carbocycles. The van der Waals surface area contributed by atoms with Gasteiger partial charge in [-0.1, -0.05) is 26.7 Å². The number of Topliss-reactive ketones (excluding diaryl/α,β-unsaturated/α-hetero) is 2. The van der Waals surface area contributed by atoms with E-state index in [1.165, 1.54) is 6.92 Å². The number of benzene rings is 1. The molecule has 3 aromatic rings. The highest BCUT2D eigenvalue weighted by atomic mass is 16.4. The van der Waals surface area contributed by atoms with E-state index in [1.54, 1.807) is 16.5 Å². The van der Waals surface area contributed by atoms with E-state index in [1.807, 2.05) is 26.0 Å². The lowest BCUT2D eigenvalue weighted by Gasteiger charge is -2.26. The molecule has 3 aliphatic rings. The molecule has 0 spiro atoms.